The van der Waals surface area contributed by atoms with E-state index in [4.69, 9.17) is 0 Å². The summed E-state index contributed by atoms with van der Waals surface area (Å²) in [6.07, 6.45) is 2.93. The van der Waals surface area contributed by atoms with Crippen molar-refractivity contribution in [1.82, 2.24) is 16.0 Å². The number of benzene rings is 1. The Bertz CT molecular complexity index is 563. The predicted octanol–water partition coefficient (Wildman–Crippen LogP) is 2.88. The summed E-state index contributed by atoms with van der Waals surface area (Å²) in [7, 11) is 1.76. The summed E-state index contributed by atoms with van der Waals surface area (Å²) in [6, 6.07) is 7.37. The van der Waals surface area contributed by atoms with Gasteiger partial charge in [0, 0.05) is 41.5 Å². The zero-order chi connectivity index (χ0) is 18.0. The molecule has 24 heavy (non-hydrogen) atoms. The highest BCUT2D eigenvalue weighted by atomic mass is 79.9. The lowest BCUT2D eigenvalue weighted by atomic mass is 10.2. The Morgan fingerprint density at radius 3 is 2.58 bits per heavy atom. The van der Waals surface area contributed by atoms with Crippen molar-refractivity contribution in [3.63, 3.8) is 0 Å². The van der Waals surface area contributed by atoms with Crippen LogP contribution in [0.15, 0.2) is 33.7 Å². The maximum atomic E-state index is 12.0. The summed E-state index contributed by atoms with van der Waals surface area (Å²) in [5.41, 5.74) is 0.661. The number of rotatable bonds is 8. The fourth-order valence-electron chi connectivity index (χ4n) is 1.82. The number of aliphatic imine (C=N–C) groups is 1. The van der Waals surface area contributed by atoms with Gasteiger partial charge < -0.3 is 16.0 Å². The number of amides is 1. The number of halogens is 1. The second-order valence-corrected chi connectivity index (χ2v) is 8.37. The minimum absolute atomic E-state index is 0.0551. The van der Waals surface area contributed by atoms with Crippen LogP contribution in [-0.4, -0.2) is 49.6 Å². The molecule has 0 saturated heterocycles. The number of hydrogen-bond donors (Lipinski definition) is 3. The van der Waals surface area contributed by atoms with Gasteiger partial charge in [-0.2, -0.15) is 11.8 Å². The van der Waals surface area contributed by atoms with Crippen molar-refractivity contribution in [3.05, 3.63) is 34.3 Å². The van der Waals surface area contributed by atoms with Crippen molar-refractivity contribution in [3.8, 4) is 0 Å². The van der Waals surface area contributed by atoms with Crippen molar-refractivity contribution >= 4 is 39.6 Å². The van der Waals surface area contributed by atoms with Gasteiger partial charge in [-0.05, 0) is 44.7 Å². The van der Waals surface area contributed by atoms with Gasteiger partial charge in [0.2, 0.25) is 0 Å². The zero-order valence-corrected chi connectivity index (χ0v) is 17.2. The molecule has 0 aromatic heterocycles. The van der Waals surface area contributed by atoms with E-state index in [1.807, 2.05) is 30.0 Å². The van der Waals surface area contributed by atoms with Gasteiger partial charge in [-0.25, -0.2) is 0 Å². The van der Waals surface area contributed by atoms with Crippen molar-refractivity contribution in [1.29, 1.82) is 0 Å². The molecule has 0 radical (unpaired) electrons. The number of nitrogens with one attached hydrogen (secondary N) is 3. The number of guanidine groups is 1. The molecule has 0 fully saturated rings. The standard InChI is InChI=1S/C17H27BrN4OS/c1-17(2,24-4)12-22-16(19-3)21-10-6-9-20-15(23)13-7-5-8-14(18)11-13/h5,7-8,11H,6,9-10,12H2,1-4H3,(H,20,23)(H2,19,21,22). The van der Waals surface area contributed by atoms with Crippen LogP contribution in [0.3, 0.4) is 0 Å². The van der Waals surface area contributed by atoms with E-state index >= 15 is 0 Å². The van der Waals surface area contributed by atoms with Crippen molar-refractivity contribution < 1.29 is 4.79 Å². The highest BCUT2D eigenvalue weighted by Gasteiger charge is 2.15. The lowest BCUT2D eigenvalue weighted by molar-refractivity contribution is 0.0953. The highest BCUT2D eigenvalue weighted by Crippen LogP contribution is 2.19. The largest absolute Gasteiger partial charge is 0.356 e. The van der Waals surface area contributed by atoms with Crippen LogP contribution in [0.2, 0.25) is 0 Å². The van der Waals surface area contributed by atoms with E-state index in [2.05, 4.69) is 57.0 Å². The maximum absolute atomic E-state index is 12.0. The fraction of sp³-hybridized carbons (Fsp3) is 0.529. The Morgan fingerprint density at radius 1 is 1.25 bits per heavy atom. The van der Waals surface area contributed by atoms with Gasteiger partial charge >= 0.3 is 0 Å². The molecule has 1 amide bonds. The summed E-state index contributed by atoms with van der Waals surface area (Å²) < 4.78 is 1.06. The summed E-state index contributed by atoms with van der Waals surface area (Å²) in [5, 5.41) is 9.50. The Morgan fingerprint density at radius 2 is 1.96 bits per heavy atom. The molecule has 0 aliphatic rings. The Balaban J connectivity index is 2.24. The third-order valence-electron chi connectivity index (χ3n) is 3.48. The normalized spacial score (nSPS) is 12.0. The second-order valence-electron chi connectivity index (χ2n) is 5.94. The van der Waals surface area contributed by atoms with E-state index < -0.39 is 0 Å². The summed E-state index contributed by atoms with van der Waals surface area (Å²) >= 11 is 5.19. The molecule has 0 bridgehead atoms. The van der Waals surface area contributed by atoms with Crippen molar-refractivity contribution in [2.45, 2.75) is 25.0 Å². The number of carbonyl (C=O) groups excluding carboxylic acids is 1. The first-order valence-electron chi connectivity index (χ1n) is 7.91. The highest BCUT2D eigenvalue weighted by molar-refractivity contribution is 9.10. The summed E-state index contributed by atoms with van der Waals surface area (Å²) in [4.78, 5) is 16.2. The second kappa shape index (κ2) is 10.6. The summed E-state index contributed by atoms with van der Waals surface area (Å²) in [5.74, 6) is 0.732. The molecule has 0 saturated carbocycles. The minimum atomic E-state index is -0.0551. The molecule has 1 aromatic carbocycles. The van der Waals surface area contributed by atoms with Crippen LogP contribution in [0.5, 0.6) is 0 Å². The van der Waals surface area contributed by atoms with E-state index in [9.17, 15) is 4.79 Å². The molecule has 3 N–H and O–H groups in total. The van der Waals surface area contributed by atoms with Gasteiger partial charge in [0.1, 0.15) is 0 Å². The van der Waals surface area contributed by atoms with Gasteiger partial charge in [-0.15, -0.1) is 0 Å². The fourth-order valence-corrected chi connectivity index (χ4v) is 2.43. The third-order valence-corrected chi connectivity index (χ3v) is 5.22. The molecule has 5 nitrogen and oxygen atoms in total. The number of carbonyl (C=O) groups is 1. The third kappa shape index (κ3) is 8.06. The Labute approximate surface area is 157 Å². The van der Waals surface area contributed by atoms with Crippen molar-refractivity contribution in [2.24, 2.45) is 4.99 Å². The lowest BCUT2D eigenvalue weighted by Crippen LogP contribution is -2.44. The molecule has 0 spiro atoms. The zero-order valence-electron chi connectivity index (χ0n) is 14.8. The van der Waals surface area contributed by atoms with Crippen LogP contribution in [0.1, 0.15) is 30.6 Å². The maximum Gasteiger partial charge on any atom is 0.251 e. The van der Waals surface area contributed by atoms with Gasteiger partial charge in [0.25, 0.3) is 5.91 Å². The van der Waals surface area contributed by atoms with Crippen LogP contribution in [0.25, 0.3) is 0 Å². The predicted molar refractivity (Wildman–Crippen MR) is 108 cm³/mol. The van der Waals surface area contributed by atoms with Crippen LogP contribution in [0.4, 0.5) is 0 Å². The first-order valence-corrected chi connectivity index (χ1v) is 9.93. The molecule has 0 atom stereocenters. The molecule has 134 valence electrons. The van der Waals surface area contributed by atoms with Crippen LogP contribution in [0, 0.1) is 0 Å². The van der Waals surface area contributed by atoms with Gasteiger partial charge in [-0.1, -0.05) is 22.0 Å². The molecule has 1 aromatic rings. The van der Waals surface area contributed by atoms with E-state index in [0.29, 0.717) is 12.1 Å². The van der Waals surface area contributed by atoms with Crippen LogP contribution in [-0.2, 0) is 0 Å². The summed E-state index contributed by atoms with van der Waals surface area (Å²) in [6.45, 7) is 6.59. The SMILES string of the molecule is CN=C(NCCCNC(=O)c1cccc(Br)c1)NCC(C)(C)SC. The average Bonchev–Trinajstić information content (AvgIpc) is 2.57. The first kappa shape index (κ1) is 20.8. The smallest absolute Gasteiger partial charge is 0.251 e. The monoisotopic (exact) mass is 414 g/mol. The van der Waals surface area contributed by atoms with Crippen LogP contribution >= 0.6 is 27.7 Å². The van der Waals surface area contributed by atoms with Crippen molar-refractivity contribution in [2.75, 3.05) is 32.9 Å². The quantitative estimate of drug-likeness (QED) is 0.347. The topological polar surface area (TPSA) is 65.5 Å². The molecule has 1 rings (SSSR count). The molecule has 0 heterocycles. The molecular weight excluding hydrogens is 388 g/mol. The Hall–Kier alpha value is -1.21. The van der Waals surface area contributed by atoms with E-state index in [1.54, 1.807) is 13.1 Å². The average molecular weight is 415 g/mol. The minimum Gasteiger partial charge on any atom is -0.356 e. The van der Waals surface area contributed by atoms with Gasteiger partial charge in [0.15, 0.2) is 5.96 Å². The molecule has 0 aliphatic carbocycles. The first-order chi connectivity index (χ1) is 11.4. The molecule has 0 aliphatic heterocycles. The molecule has 7 heteroatoms. The van der Waals surface area contributed by atoms with E-state index in [1.165, 1.54) is 0 Å². The Kier molecular flexibility index (Phi) is 9.21. The van der Waals surface area contributed by atoms with Gasteiger partial charge in [-0.3, -0.25) is 9.79 Å². The van der Waals surface area contributed by atoms with E-state index in [0.717, 1.165) is 29.9 Å². The van der Waals surface area contributed by atoms with Gasteiger partial charge in [0.05, 0.1) is 0 Å². The molecular formula is C17H27BrN4OS. The number of nitrogens with zero attached hydrogens (tertiary/aromatic N) is 1. The van der Waals surface area contributed by atoms with Crippen LogP contribution < -0.4 is 16.0 Å². The van der Waals surface area contributed by atoms with E-state index in [-0.39, 0.29) is 10.7 Å². The molecule has 0 unspecified atom stereocenters. The lowest BCUT2D eigenvalue weighted by Gasteiger charge is -2.23. The number of thioether (sulfide) groups is 1. The number of hydrogen-bond acceptors (Lipinski definition) is 3.